The van der Waals surface area contributed by atoms with Crippen LogP contribution in [0.3, 0.4) is 0 Å². The van der Waals surface area contributed by atoms with E-state index in [1.54, 1.807) is 18.6 Å². The average Bonchev–Trinajstić information content (AvgIpc) is 3.05. The summed E-state index contributed by atoms with van der Waals surface area (Å²) in [4.78, 5) is 17.2. The molecule has 0 atom stereocenters. The van der Waals surface area contributed by atoms with E-state index in [1.807, 2.05) is 29.6 Å². The first-order chi connectivity index (χ1) is 13.2. The zero-order valence-electron chi connectivity index (χ0n) is 13.9. The van der Waals surface area contributed by atoms with Crippen LogP contribution in [-0.4, -0.2) is 26.5 Å². The number of nitrogens with one attached hydrogen (secondary N) is 1. The molecule has 0 aliphatic carbocycles. The summed E-state index contributed by atoms with van der Waals surface area (Å²) in [5.74, 6) is 1.85. The highest BCUT2D eigenvalue weighted by molar-refractivity contribution is 7.17. The number of thiophene rings is 1. The van der Waals surface area contributed by atoms with Crippen molar-refractivity contribution in [1.29, 1.82) is 0 Å². The summed E-state index contributed by atoms with van der Waals surface area (Å²) in [5, 5.41) is 6.90. The molecule has 0 radical (unpaired) electrons. The summed E-state index contributed by atoms with van der Waals surface area (Å²) in [7, 11) is 0. The fraction of sp³-hybridized carbons (Fsp3) is 0.111. The molecular formula is C18H13Cl2N5OS. The van der Waals surface area contributed by atoms with Crippen LogP contribution in [0.4, 0.5) is 5.82 Å². The van der Waals surface area contributed by atoms with E-state index in [0.29, 0.717) is 16.7 Å². The number of hydrogen-bond acceptors (Lipinski definition) is 7. The van der Waals surface area contributed by atoms with Gasteiger partial charge in [0, 0.05) is 24.2 Å². The van der Waals surface area contributed by atoms with Gasteiger partial charge in [-0.05, 0) is 35.7 Å². The first-order valence-electron chi connectivity index (χ1n) is 8.06. The Labute approximate surface area is 169 Å². The van der Waals surface area contributed by atoms with Gasteiger partial charge in [0.15, 0.2) is 0 Å². The topological polar surface area (TPSA) is 72.8 Å². The maximum absolute atomic E-state index is 6.23. The van der Waals surface area contributed by atoms with Crippen LogP contribution in [0.2, 0.25) is 10.3 Å². The van der Waals surface area contributed by atoms with Crippen LogP contribution < -0.4 is 10.1 Å². The number of rotatable bonds is 6. The fourth-order valence-corrected chi connectivity index (χ4v) is 3.79. The van der Waals surface area contributed by atoms with Crippen LogP contribution in [0.5, 0.6) is 11.6 Å². The molecule has 9 heteroatoms. The van der Waals surface area contributed by atoms with Crippen LogP contribution in [-0.2, 0) is 6.42 Å². The lowest BCUT2D eigenvalue weighted by molar-refractivity contribution is 0.461. The third kappa shape index (κ3) is 4.27. The molecule has 6 nitrogen and oxygen atoms in total. The van der Waals surface area contributed by atoms with Crippen molar-refractivity contribution in [2.45, 2.75) is 6.42 Å². The summed E-state index contributed by atoms with van der Waals surface area (Å²) in [6.45, 7) is 0.722. The number of ether oxygens (including phenoxy) is 1. The SMILES string of the molecule is Clc1nccc(Oc2ccc(CCNc3ncnc4scc(Cl)c34)cc2)n1. The smallest absolute Gasteiger partial charge is 0.225 e. The lowest BCUT2D eigenvalue weighted by atomic mass is 10.1. The lowest BCUT2D eigenvalue weighted by Gasteiger charge is -2.08. The minimum absolute atomic E-state index is 0.153. The molecule has 0 amide bonds. The quantitative estimate of drug-likeness (QED) is 0.432. The summed E-state index contributed by atoms with van der Waals surface area (Å²) >= 11 is 13.5. The van der Waals surface area contributed by atoms with Crippen LogP contribution in [0.15, 0.2) is 48.2 Å². The normalized spacial score (nSPS) is 10.9. The summed E-state index contributed by atoms with van der Waals surface area (Å²) in [5.41, 5.74) is 1.16. The molecule has 0 aliphatic rings. The van der Waals surface area contributed by atoms with Gasteiger partial charge >= 0.3 is 0 Å². The second-order valence-corrected chi connectivity index (χ2v) is 7.18. The highest BCUT2D eigenvalue weighted by Gasteiger charge is 2.09. The van der Waals surface area contributed by atoms with Gasteiger partial charge in [-0.1, -0.05) is 23.7 Å². The van der Waals surface area contributed by atoms with Gasteiger partial charge in [0.05, 0.1) is 10.4 Å². The predicted octanol–water partition coefficient (Wildman–Crippen LogP) is 5.24. The molecule has 1 aromatic carbocycles. The molecule has 27 heavy (non-hydrogen) atoms. The van der Waals surface area contributed by atoms with E-state index in [9.17, 15) is 0 Å². The Kier molecular flexibility index (Phi) is 5.33. The number of hydrogen-bond donors (Lipinski definition) is 1. The second-order valence-electron chi connectivity index (χ2n) is 5.57. The third-order valence-electron chi connectivity index (χ3n) is 3.78. The van der Waals surface area contributed by atoms with Crippen molar-refractivity contribution in [2.24, 2.45) is 0 Å². The van der Waals surface area contributed by atoms with Crippen molar-refractivity contribution < 1.29 is 4.74 Å². The van der Waals surface area contributed by atoms with Gasteiger partial charge < -0.3 is 10.1 Å². The van der Waals surface area contributed by atoms with E-state index < -0.39 is 0 Å². The summed E-state index contributed by atoms with van der Waals surface area (Å²) in [6.07, 6.45) is 3.92. The second kappa shape index (κ2) is 8.04. The largest absolute Gasteiger partial charge is 0.439 e. The highest BCUT2D eigenvalue weighted by atomic mass is 35.5. The van der Waals surface area contributed by atoms with Crippen molar-refractivity contribution in [3.8, 4) is 11.6 Å². The average molecular weight is 418 g/mol. The molecule has 0 fully saturated rings. The van der Waals surface area contributed by atoms with Crippen molar-refractivity contribution in [3.63, 3.8) is 0 Å². The zero-order valence-corrected chi connectivity index (χ0v) is 16.2. The molecular weight excluding hydrogens is 405 g/mol. The molecule has 3 aromatic heterocycles. The lowest BCUT2D eigenvalue weighted by Crippen LogP contribution is -2.06. The van der Waals surface area contributed by atoms with Crippen molar-refractivity contribution >= 4 is 50.6 Å². The monoisotopic (exact) mass is 417 g/mol. The van der Waals surface area contributed by atoms with Crippen LogP contribution in [0, 0.1) is 0 Å². The Hall–Kier alpha value is -2.48. The highest BCUT2D eigenvalue weighted by Crippen LogP contribution is 2.32. The van der Waals surface area contributed by atoms with E-state index in [1.165, 1.54) is 11.3 Å². The van der Waals surface area contributed by atoms with Crippen LogP contribution in [0.25, 0.3) is 10.2 Å². The van der Waals surface area contributed by atoms with Crippen LogP contribution in [0.1, 0.15) is 5.56 Å². The van der Waals surface area contributed by atoms with E-state index >= 15 is 0 Å². The molecule has 4 rings (SSSR count). The molecule has 1 N–H and O–H groups in total. The van der Waals surface area contributed by atoms with Gasteiger partial charge in [0.2, 0.25) is 11.2 Å². The molecule has 136 valence electrons. The van der Waals surface area contributed by atoms with Gasteiger partial charge in [0.25, 0.3) is 0 Å². The number of nitrogens with zero attached hydrogens (tertiary/aromatic N) is 4. The molecule has 0 saturated heterocycles. The molecule has 0 bridgehead atoms. The Balaban J connectivity index is 1.37. The standard InChI is InChI=1S/C18H13Cl2N5OS/c19-13-9-27-17-15(13)16(23-10-24-17)21-7-5-11-1-3-12(4-2-11)26-14-6-8-22-18(20)25-14/h1-4,6,8-10H,5,7H2,(H,21,23,24). The number of benzene rings is 1. The first kappa shape index (κ1) is 17.9. The third-order valence-corrected chi connectivity index (χ3v) is 5.27. The van der Waals surface area contributed by atoms with Gasteiger partial charge in [-0.15, -0.1) is 11.3 Å². The van der Waals surface area contributed by atoms with E-state index in [2.05, 4.69) is 25.3 Å². The number of anilines is 1. The van der Waals surface area contributed by atoms with Crippen molar-refractivity contribution in [3.05, 3.63) is 64.1 Å². The first-order valence-corrected chi connectivity index (χ1v) is 9.69. The fourth-order valence-electron chi connectivity index (χ4n) is 2.52. The summed E-state index contributed by atoms with van der Waals surface area (Å²) < 4.78 is 5.66. The van der Waals surface area contributed by atoms with Gasteiger partial charge in [0.1, 0.15) is 22.7 Å². The van der Waals surface area contributed by atoms with Crippen molar-refractivity contribution in [2.75, 3.05) is 11.9 Å². The maximum Gasteiger partial charge on any atom is 0.225 e. The number of halogens is 2. The number of aromatic nitrogens is 4. The van der Waals surface area contributed by atoms with E-state index in [0.717, 1.165) is 34.6 Å². The molecule has 0 spiro atoms. The Morgan fingerprint density at radius 2 is 1.89 bits per heavy atom. The molecule has 0 aliphatic heterocycles. The van der Waals surface area contributed by atoms with E-state index in [-0.39, 0.29) is 5.28 Å². The van der Waals surface area contributed by atoms with Gasteiger partial charge in [-0.2, -0.15) is 4.98 Å². The molecule has 3 heterocycles. The molecule has 4 aromatic rings. The van der Waals surface area contributed by atoms with Gasteiger partial charge in [-0.3, -0.25) is 0 Å². The maximum atomic E-state index is 6.23. The summed E-state index contributed by atoms with van der Waals surface area (Å²) in [6, 6.07) is 9.45. The minimum Gasteiger partial charge on any atom is -0.439 e. The molecule has 0 unspecified atom stereocenters. The predicted molar refractivity (Wildman–Crippen MR) is 108 cm³/mol. The molecule has 0 saturated carbocycles. The van der Waals surface area contributed by atoms with Crippen molar-refractivity contribution in [1.82, 2.24) is 19.9 Å². The Morgan fingerprint density at radius 3 is 2.70 bits per heavy atom. The van der Waals surface area contributed by atoms with Crippen LogP contribution >= 0.6 is 34.5 Å². The Bertz CT molecular complexity index is 1070. The Morgan fingerprint density at radius 1 is 1.04 bits per heavy atom. The van der Waals surface area contributed by atoms with Gasteiger partial charge in [-0.25, -0.2) is 15.0 Å². The zero-order chi connectivity index (χ0) is 18.6. The van der Waals surface area contributed by atoms with E-state index in [4.69, 9.17) is 27.9 Å². The minimum atomic E-state index is 0.153. The number of fused-ring (bicyclic) bond motifs is 1.